The molecule has 15 heavy (non-hydrogen) atoms. The Balaban J connectivity index is 2.83. The van der Waals surface area contributed by atoms with E-state index >= 15 is 0 Å². The molecule has 1 unspecified atom stereocenters. The van der Waals surface area contributed by atoms with Gasteiger partial charge >= 0.3 is 0 Å². The van der Waals surface area contributed by atoms with Crippen molar-refractivity contribution in [2.45, 2.75) is 19.9 Å². The van der Waals surface area contributed by atoms with Gasteiger partial charge < -0.3 is 5.32 Å². The predicted octanol–water partition coefficient (Wildman–Crippen LogP) is 2.54. The molecule has 0 aromatic heterocycles. The maximum absolute atomic E-state index is 11.1. The zero-order valence-corrected chi connectivity index (χ0v) is 10.2. The highest BCUT2D eigenvalue weighted by Crippen LogP contribution is 2.18. The molecule has 0 aliphatic heterocycles. The lowest BCUT2D eigenvalue weighted by atomic mass is 10.1. The van der Waals surface area contributed by atoms with Gasteiger partial charge in [0.1, 0.15) is 0 Å². The van der Waals surface area contributed by atoms with Gasteiger partial charge in [0.15, 0.2) is 0 Å². The van der Waals surface area contributed by atoms with Crippen molar-refractivity contribution in [3.63, 3.8) is 0 Å². The van der Waals surface area contributed by atoms with Gasteiger partial charge in [-0.1, -0.05) is 29.8 Å². The number of carbonyl (C=O) groups excluding carboxylic acids is 1. The highest BCUT2D eigenvalue weighted by atomic mass is 32.2. The minimum Gasteiger partial charge on any atom is -0.349 e. The van der Waals surface area contributed by atoms with Crippen LogP contribution in [0.15, 0.2) is 24.3 Å². The molecular formula is C12H17NOS. The largest absolute Gasteiger partial charge is 0.349 e. The van der Waals surface area contributed by atoms with Crippen molar-refractivity contribution in [2.24, 2.45) is 0 Å². The first kappa shape index (κ1) is 12.1. The van der Waals surface area contributed by atoms with Crippen LogP contribution >= 0.6 is 11.8 Å². The lowest BCUT2D eigenvalue weighted by Gasteiger charge is -2.17. The van der Waals surface area contributed by atoms with Crippen molar-refractivity contribution in [3.8, 4) is 0 Å². The summed E-state index contributed by atoms with van der Waals surface area (Å²) < 4.78 is 0. The third kappa shape index (κ3) is 3.96. The Labute approximate surface area is 95.5 Å². The Morgan fingerprint density at radius 3 is 2.80 bits per heavy atom. The molecule has 1 rings (SSSR count). The first-order chi connectivity index (χ1) is 7.13. The van der Waals surface area contributed by atoms with Gasteiger partial charge in [0, 0.05) is 12.7 Å². The van der Waals surface area contributed by atoms with E-state index in [1.165, 1.54) is 11.1 Å². The minimum atomic E-state index is 0.0237. The second-order valence-electron chi connectivity index (χ2n) is 3.62. The fourth-order valence-electron chi connectivity index (χ4n) is 1.52. The molecule has 0 aliphatic rings. The van der Waals surface area contributed by atoms with Crippen molar-refractivity contribution in [1.29, 1.82) is 0 Å². The van der Waals surface area contributed by atoms with Gasteiger partial charge in [0.25, 0.3) is 0 Å². The Kier molecular flexibility index (Phi) is 4.69. The molecule has 0 saturated heterocycles. The Morgan fingerprint density at radius 1 is 1.53 bits per heavy atom. The molecule has 3 heteroatoms. The van der Waals surface area contributed by atoms with E-state index < -0.39 is 0 Å². The third-order valence-electron chi connectivity index (χ3n) is 2.16. The predicted molar refractivity (Wildman–Crippen MR) is 66.1 cm³/mol. The zero-order valence-electron chi connectivity index (χ0n) is 9.41. The van der Waals surface area contributed by atoms with Crippen molar-refractivity contribution in [1.82, 2.24) is 5.32 Å². The van der Waals surface area contributed by atoms with Crippen LogP contribution in [0.2, 0.25) is 0 Å². The Morgan fingerprint density at radius 2 is 2.27 bits per heavy atom. The standard InChI is InChI=1S/C12H17NOS/c1-9-5-4-6-11(7-9)12(8-15-3)13-10(2)14/h4-7,12H,8H2,1-3H3,(H,13,14). The van der Waals surface area contributed by atoms with Gasteiger partial charge in [-0.15, -0.1) is 0 Å². The van der Waals surface area contributed by atoms with Crippen LogP contribution in [0.25, 0.3) is 0 Å². The van der Waals surface area contributed by atoms with E-state index in [0.29, 0.717) is 0 Å². The average molecular weight is 223 g/mol. The number of hydrogen-bond acceptors (Lipinski definition) is 2. The molecule has 0 heterocycles. The van der Waals surface area contributed by atoms with E-state index in [9.17, 15) is 4.79 Å². The van der Waals surface area contributed by atoms with Crippen LogP contribution in [0.5, 0.6) is 0 Å². The second kappa shape index (κ2) is 5.81. The van der Waals surface area contributed by atoms with Gasteiger partial charge in [-0.2, -0.15) is 11.8 Å². The SMILES string of the molecule is CSCC(NC(C)=O)c1cccc(C)c1. The highest BCUT2D eigenvalue weighted by Gasteiger charge is 2.11. The number of carbonyl (C=O) groups is 1. The summed E-state index contributed by atoms with van der Waals surface area (Å²) in [6, 6.07) is 8.39. The number of nitrogens with one attached hydrogen (secondary N) is 1. The maximum Gasteiger partial charge on any atom is 0.217 e. The Bertz CT molecular complexity index is 338. The van der Waals surface area contributed by atoms with Gasteiger partial charge in [0.05, 0.1) is 6.04 Å². The molecule has 0 radical (unpaired) electrons. The maximum atomic E-state index is 11.1. The number of rotatable bonds is 4. The summed E-state index contributed by atoms with van der Waals surface area (Å²) in [6.45, 7) is 3.62. The lowest BCUT2D eigenvalue weighted by molar-refractivity contribution is -0.119. The number of benzene rings is 1. The Hall–Kier alpha value is -0.960. The van der Waals surface area contributed by atoms with E-state index in [1.807, 2.05) is 12.3 Å². The van der Waals surface area contributed by atoms with Crippen molar-refractivity contribution >= 4 is 17.7 Å². The molecule has 2 nitrogen and oxygen atoms in total. The number of thioether (sulfide) groups is 1. The van der Waals surface area contributed by atoms with E-state index in [4.69, 9.17) is 0 Å². The molecule has 1 N–H and O–H groups in total. The molecule has 82 valence electrons. The number of aryl methyl sites for hydroxylation is 1. The molecule has 1 aromatic rings. The minimum absolute atomic E-state index is 0.0237. The fraction of sp³-hybridized carbons (Fsp3) is 0.417. The van der Waals surface area contributed by atoms with Crippen LogP contribution in [0, 0.1) is 6.92 Å². The van der Waals surface area contributed by atoms with Crippen LogP contribution in [-0.4, -0.2) is 17.9 Å². The fourth-order valence-corrected chi connectivity index (χ4v) is 2.13. The van der Waals surface area contributed by atoms with Crippen LogP contribution in [0.3, 0.4) is 0 Å². The molecule has 1 aromatic carbocycles. The van der Waals surface area contributed by atoms with E-state index in [2.05, 4.69) is 30.4 Å². The number of hydrogen-bond donors (Lipinski definition) is 1. The smallest absolute Gasteiger partial charge is 0.217 e. The summed E-state index contributed by atoms with van der Waals surface area (Å²) in [5.41, 5.74) is 2.41. The van der Waals surface area contributed by atoms with E-state index in [-0.39, 0.29) is 11.9 Å². The molecule has 0 aliphatic carbocycles. The van der Waals surface area contributed by atoms with Crippen molar-refractivity contribution in [2.75, 3.05) is 12.0 Å². The topological polar surface area (TPSA) is 29.1 Å². The summed E-state index contributed by atoms with van der Waals surface area (Å²) in [5.74, 6) is 0.929. The molecular weight excluding hydrogens is 206 g/mol. The first-order valence-corrected chi connectivity index (χ1v) is 6.35. The second-order valence-corrected chi connectivity index (χ2v) is 4.53. The van der Waals surface area contributed by atoms with Crippen molar-refractivity contribution in [3.05, 3.63) is 35.4 Å². The van der Waals surface area contributed by atoms with Crippen molar-refractivity contribution < 1.29 is 4.79 Å². The van der Waals surface area contributed by atoms with Crippen LogP contribution < -0.4 is 5.32 Å². The van der Waals surface area contributed by atoms with Gasteiger partial charge in [-0.05, 0) is 18.7 Å². The van der Waals surface area contributed by atoms with E-state index in [1.54, 1.807) is 18.7 Å². The summed E-state index contributed by atoms with van der Waals surface area (Å²) >= 11 is 1.74. The molecule has 0 bridgehead atoms. The first-order valence-electron chi connectivity index (χ1n) is 4.96. The summed E-state index contributed by atoms with van der Waals surface area (Å²) in [7, 11) is 0. The van der Waals surface area contributed by atoms with Gasteiger partial charge in [-0.3, -0.25) is 4.79 Å². The monoisotopic (exact) mass is 223 g/mol. The summed E-state index contributed by atoms with van der Waals surface area (Å²) in [5, 5.41) is 2.96. The molecule has 0 saturated carbocycles. The zero-order chi connectivity index (χ0) is 11.3. The highest BCUT2D eigenvalue weighted by molar-refractivity contribution is 7.98. The van der Waals surface area contributed by atoms with Crippen LogP contribution in [0.1, 0.15) is 24.1 Å². The molecule has 1 amide bonds. The van der Waals surface area contributed by atoms with E-state index in [0.717, 1.165) is 5.75 Å². The lowest BCUT2D eigenvalue weighted by Crippen LogP contribution is -2.27. The third-order valence-corrected chi connectivity index (χ3v) is 2.82. The summed E-state index contributed by atoms with van der Waals surface area (Å²) in [6.07, 6.45) is 2.05. The molecule has 1 atom stereocenters. The number of amides is 1. The molecule has 0 fully saturated rings. The van der Waals surface area contributed by atoms with Crippen LogP contribution in [-0.2, 0) is 4.79 Å². The average Bonchev–Trinajstić information content (AvgIpc) is 2.16. The quantitative estimate of drug-likeness (QED) is 0.850. The normalized spacial score (nSPS) is 12.2. The summed E-state index contributed by atoms with van der Waals surface area (Å²) in [4.78, 5) is 11.1. The van der Waals surface area contributed by atoms with Crippen LogP contribution in [0.4, 0.5) is 0 Å². The van der Waals surface area contributed by atoms with Gasteiger partial charge in [0.2, 0.25) is 5.91 Å². The molecule has 0 spiro atoms. The van der Waals surface area contributed by atoms with Gasteiger partial charge in [-0.25, -0.2) is 0 Å².